The summed E-state index contributed by atoms with van der Waals surface area (Å²) in [5.74, 6) is -5.56. The van der Waals surface area contributed by atoms with Crippen LogP contribution in [0.5, 0.6) is 0 Å². The van der Waals surface area contributed by atoms with Crippen LogP contribution in [-0.2, 0) is 59.2 Å². The van der Waals surface area contributed by atoms with Gasteiger partial charge in [0.25, 0.3) is 0 Å². The van der Waals surface area contributed by atoms with E-state index in [0.29, 0.717) is 36.1 Å². The Balaban J connectivity index is 1.47. The van der Waals surface area contributed by atoms with Crippen molar-refractivity contribution in [3.05, 3.63) is 144 Å². The second-order valence-corrected chi connectivity index (χ2v) is 17.0. The first-order valence-corrected chi connectivity index (χ1v) is 22.6. The molecule has 0 aliphatic carbocycles. The molecule has 0 aliphatic heterocycles. The summed E-state index contributed by atoms with van der Waals surface area (Å²) in [7, 11) is 0. The highest BCUT2D eigenvalue weighted by Gasteiger charge is 2.34. The number of nitrogens with one attached hydrogen (secondary N) is 7. The number of para-hydroxylation sites is 1. The summed E-state index contributed by atoms with van der Waals surface area (Å²) in [5.41, 5.74) is 9.41. The van der Waals surface area contributed by atoms with Crippen LogP contribution in [0, 0.1) is 5.92 Å². The number of hydrogen-bond acceptors (Lipinski definition) is 8. The van der Waals surface area contributed by atoms with E-state index in [1.807, 2.05) is 60.7 Å². The molecule has 16 nitrogen and oxygen atoms in total. The van der Waals surface area contributed by atoms with Gasteiger partial charge in [-0.1, -0.05) is 123 Å². The molecule has 0 saturated carbocycles. The first kappa shape index (κ1) is 50.7. The van der Waals surface area contributed by atoms with Crippen LogP contribution in [0.25, 0.3) is 10.9 Å². The normalized spacial score (nSPS) is 13.8. The molecule has 0 bridgehead atoms. The first-order valence-electron chi connectivity index (χ1n) is 22.6. The summed E-state index contributed by atoms with van der Waals surface area (Å²) in [6.07, 6.45) is 3.01. The maximum atomic E-state index is 14.8. The predicted molar refractivity (Wildman–Crippen MR) is 255 cm³/mol. The lowest BCUT2D eigenvalue weighted by Crippen LogP contribution is -2.60. The van der Waals surface area contributed by atoms with Gasteiger partial charge in [0.15, 0.2) is 0 Å². The number of carbonyl (C=O) groups is 7. The van der Waals surface area contributed by atoms with Crippen molar-refractivity contribution in [2.45, 2.75) is 102 Å². The number of aliphatic carboxylic acids is 1. The Morgan fingerprint density at radius 3 is 1.36 bits per heavy atom. The maximum Gasteiger partial charge on any atom is 0.326 e. The third-order valence-corrected chi connectivity index (χ3v) is 11.4. The van der Waals surface area contributed by atoms with Gasteiger partial charge in [-0.05, 0) is 60.0 Å². The fourth-order valence-electron chi connectivity index (χ4n) is 7.77. The van der Waals surface area contributed by atoms with Crippen LogP contribution in [0.3, 0.4) is 0 Å². The predicted octanol–water partition coefficient (Wildman–Crippen LogP) is 3.24. The van der Waals surface area contributed by atoms with Gasteiger partial charge in [0.1, 0.15) is 36.3 Å². The van der Waals surface area contributed by atoms with E-state index in [1.165, 1.54) is 6.92 Å². The van der Waals surface area contributed by atoms with E-state index in [-0.39, 0.29) is 32.1 Å². The SMILES string of the molecule is CC(=O)N[C@@H](Cc1ccccc1)C(=O)N[C@@H](Cc1ccccc1)C(=O)N[C@@H](Cc1c[nH]c2ccccc12)C(=O)N[C@@H](Cc1ccccc1)C(=O)N[C@@H](CCCCN)C(=O)N[C@H](C(=O)O)C(C)C. The lowest BCUT2D eigenvalue weighted by Gasteiger charge is -2.28. The smallest absolute Gasteiger partial charge is 0.326 e. The molecule has 0 unspecified atom stereocenters. The standard InChI is InChI=1S/C51H62N8O8/c1-32(2)45(51(66)67)59-46(61)40(25-15-16-26-52)55-48(63)42(28-35-19-9-5-10-20-35)57-50(65)44(30-37-31-53-39-24-14-13-23-38(37)39)58-49(64)43(29-36-21-11-6-12-22-36)56-47(62)41(54-33(3)60)27-34-17-7-4-8-18-34/h4-14,17-24,31-32,40-45,53H,15-16,25-30,52H2,1-3H3,(H,54,60)(H,55,63)(H,56,62)(H,57,65)(H,58,64)(H,59,61)(H,66,67)/t40-,41-,42-,43-,44-,45-/m0/s1. The first-order chi connectivity index (χ1) is 32.2. The second-order valence-electron chi connectivity index (χ2n) is 17.0. The average molecular weight is 915 g/mol. The zero-order valence-electron chi connectivity index (χ0n) is 38.1. The molecule has 0 spiro atoms. The minimum absolute atomic E-state index is 0.00824. The van der Waals surface area contributed by atoms with Crippen molar-refractivity contribution >= 4 is 52.3 Å². The molecule has 16 heteroatoms. The van der Waals surface area contributed by atoms with Crippen LogP contribution in [0.15, 0.2) is 121 Å². The number of unbranched alkanes of at least 4 members (excludes halogenated alkanes) is 1. The molecule has 67 heavy (non-hydrogen) atoms. The van der Waals surface area contributed by atoms with E-state index in [9.17, 15) is 38.7 Å². The van der Waals surface area contributed by atoms with Crippen LogP contribution in [0.1, 0.15) is 62.3 Å². The largest absolute Gasteiger partial charge is 0.480 e. The number of benzene rings is 4. The highest BCUT2D eigenvalue weighted by molar-refractivity contribution is 5.97. The molecule has 6 amide bonds. The third-order valence-electron chi connectivity index (χ3n) is 11.4. The molecule has 1 heterocycles. The van der Waals surface area contributed by atoms with Crippen LogP contribution in [-0.4, -0.2) is 94.3 Å². The van der Waals surface area contributed by atoms with Gasteiger partial charge in [-0.3, -0.25) is 28.8 Å². The summed E-state index contributed by atoms with van der Waals surface area (Å²) in [6.45, 7) is 4.95. The third kappa shape index (κ3) is 15.7. The quantitative estimate of drug-likeness (QED) is 0.0389. The molecule has 354 valence electrons. The molecule has 0 fully saturated rings. The number of H-pyrrole nitrogens is 1. The van der Waals surface area contributed by atoms with Crippen molar-refractivity contribution in [1.82, 2.24) is 36.9 Å². The number of rotatable bonds is 25. The minimum Gasteiger partial charge on any atom is -0.480 e. The summed E-state index contributed by atoms with van der Waals surface area (Å²) >= 11 is 0. The van der Waals surface area contributed by atoms with Gasteiger partial charge in [0, 0.05) is 49.7 Å². The average Bonchev–Trinajstić information content (AvgIpc) is 3.72. The number of hydrogen-bond donors (Lipinski definition) is 9. The van der Waals surface area contributed by atoms with E-state index < -0.39 is 83.6 Å². The van der Waals surface area contributed by atoms with Crippen molar-refractivity contribution < 1.29 is 38.7 Å². The summed E-state index contributed by atoms with van der Waals surface area (Å²) in [6, 6.07) is 27.3. The van der Waals surface area contributed by atoms with Gasteiger partial charge in [-0.25, -0.2) is 4.79 Å². The van der Waals surface area contributed by atoms with Crippen molar-refractivity contribution in [2.24, 2.45) is 11.7 Å². The highest BCUT2D eigenvalue weighted by atomic mass is 16.4. The second kappa shape index (κ2) is 25.4. The fraction of sp³-hybridized carbons (Fsp3) is 0.353. The van der Waals surface area contributed by atoms with Gasteiger partial charge in [0.2, 0.25) is 35.4 Å². The Morgan fingerprint density at radius 1 is 0.522 bits per heavy atom. The number of aromatic nitrogens is 1. The number of carboxylic acid groups (broad SMARTS) is 1. The lowest BCUT2D eigenvalue weighted by molar-refractivity contribution is -0.143. The van der Waals surface area contributed by atoms with Crippen molar-refractivity contribution in [2.75, 3.05) is 6.54 Å². The van der Waals surface area contributed by atoms with Crippen LogP contribution in [0.2, 0.25) is 0 Å². The summed E-state index contributed by atoms with van der Waals surface area (Å²) in [4.78, 5) is 99.1. The minimum atomic E-state index is -1.31. The monoisotopic (exact) mass is 914 g/mol. The zero-order chi connectivity index (χ0) is 48.3. The van der Waals surface area contributed by atoms with Crippen LogP contribution >= 0.6 is 0 Å². The number of carboxylic acids is 1. The van der Waals surface area contributed by atoms with Crippen molar-refractivity contribution in [3.63, 3.8) is 0 Å². The Kier molecular flexibility index (Phi) is 19.2. The number of fused-ring (bicyclic) bond motifs is 1. The molecule has 6 atom stereocenters. The molecule has 10 N–H and O–H groups in total. The van der Waals surface area contributed by atoms with Gasteiger partial charge in [-0.2, -0.15) is 0 Å². The van der Waals surface area contributed by atoms with Gasteiger partial charge < -0.3 is 47.7 Å². The van der Waals surface area contributed by atoms with Crippen LogP contribution in [0.4, 0.5) is 0 Å². The van der Waals surface area contributed by atoms with Crippen LogP contribution < -0.4 is 37.6 Å². The summed E-state index contributed by atoms with van der Waals surface area (Å²) < 4.78 is 0. The molecule has 5 rings (SSSR count). The van der Waals surface area contributed by atoms with E-state index in [2.05, 4.69) is 36.9 Å². The maximum absolute atomic E-state index is 14.8. The van der Waals surface area contributed by atoms with Gasteiger partial charge in [-0.15, -0.1) is 0 Å². The van der Waals surface area contributed by atoms with E-state index >= 15 is 0 Å². The molecule has 0 radical (unpaired) electrons. The number of carbonyl (C=O) groups excluding carboxylic acids is 6. The Labute approximate surface area is 390 Å². The molecule has 1 aromatic heterocycles. The molecular formula is C51H62N8O8. The van der Waals surface area contributed by atoms with Crippen molar-refractivity contribution in [1.29, 1.82) is 0 Å². The van der Waals surface area contributed by atoms with E-state index in [4.69, 9.17) is 5.73 Å². The van der Waals surface area contributed by atoms with Gasteiger partial charge in [0.05, 0.1) is 0 Å². The number of nitrogens with two attached hydrogens (primary N) is 1. The number of aromatic amines is 1. The van der Waals surface area contributed by atoms with Gasteiger partial charge >= 0.3 is 5.97 Å². The van der Waals surface area contributed by atoms with Crippen molar-refractivity contribution in [3.8, 4) is 0 Å². The Hall–Kier alpha value is -7.33. The number of amides is 6. The molecule has 0 saturated heterocycles. The summed E-state index contributed by atoms with van der Waals surface area (Å²) in [5, 5.41) is 27.2. The van der Waals surface area contributed by atoms with E-state index in [0.717, 1.165) is 16.5 Å². The molecular weight excluding hydrogens is 853 g/mol. The molecule has 4 aromatic carbocycles. The Morgan fingerprint density at radius 2 is 0.925 bits per heavy atom. The Bertz CT molecular complexity index is 2430. The fourth-order valence-corrected chi connectivity index (χ4v) is 7.77. The lowest BCUT2D eigenvalue weighted by atomic mass is 9.99. The topological polar surface area (TPSA) is 254 Å². The molecule has 5 aromatic rings. The molecule has 0 aliphatic rings. The van der Waals surface area contributed by atoms with E-state index in [1.54, 1.807) is 74.6 Å². The highest BCUT2D eigenvalue weighted by Crippen LogP contribution is 2.20. The zero-order valence-corrected chi connectivity index (χ0v) is 38.1.